The fraction of sp³-hybridized carbons (Fsp3) is 0.556. The fourth-order valence-electron chi connectivity index (χ4n) is 4.98. The number of esters is 1. The predicted octanol–water partition coefficient (Wildman–Crippen LogP) is 9.01. The molecule has 1 aliphatic heterocycles. The Morgan fingerprint density at radius 2 is 1.45 bits per heavy atom. The highest BCUT2D eigenvalue weighted by Crippen LogP contribution is 2.31. The van der Waals surface area contributed by atoms with E-state index in [0.717, 1.165) is 29.5 Å². The molecule has 0 bridgehead atoms. The molecule has 0 radical (unpaired) electrons. The molecule has 0 atom stereocenters. The maximum absolute atomic E-state index is 15.0. The summed E-state index contributed by atoms with van der Waals surface area (Å²) in [7, 11) is 0. The van der Waals surface area contributed by atoms with Crippen molar-refractivity contribution in [1.82, 2.24) is 0 Å². The average molecular weight is 613 g/mol. The number of ether oxygens (including phenoxy) is 5. The highest BCUT2D eigenvalue weighted by molar-refractivity contribution is 5.86. The monoisotopic (exact) mass is 612 g/mol. The SMILES string of the molecule is C=C(C)C(=O)OCCCc1cc(-c2ccc(OCCCCCCCCCCCC)c(F)c2)ccc1OCC1COC(=O)OC1. The molecular formula is C36H49FO7. The number of hydrogen-bond acceptors (Lipinski definition) is 7. The predicted molar refractivity (Wildman–Crippen MR) is 170 cm³/mol. The van der Waals surface area contributed by atoms with Gasteiger partial charge in [-0.05, 0) is 67.1 Å². The minimum absolute atomic E-state index is 0.0845. The normalized spacial score (nSPS) is 13.2. The maximum Gasteiger partial charge on any atom is 0.508 e. The number of rotatable bonds is 21. The standard InChI is InChI=1S/C36H49FO7/c1-4-5-6-7-8-9-10-11-12-13-20-40-34-19-17-30(23-32(34)37)29-16-18-33(42-24-28-25-43-36(39)44-26-28)31(22-29)15-14-21-41-35(38)27(2)3/h16-19,22-23,28H,2,4-15,20-21,24-26H2,1,3H3. The molecule has 0 aliphatic carbocycles. The number of aryl methyl sites for hydroxylation is 1. The van der Waals surface area contributed by atoms with Crippen LogP contribution in [0.3, 0.4) is 0 Å². The summed E-state index contributed by atoms with van der Waals surface area (Å²) in [5.74, 6) is 0.0233. The zero-order valence-corrected chi connectivity index (χ0v) is 26.5. The van der Waals surface area contributed by atoms with Crippen molar-refractivity contribution in [3.63, 3.8) is 0 Å². The molecule has 0 amide bonds. The number of carbonyl (C=O) groups is 2. The number of unbranched alkanes of at least 4 members (excludes halogenated alkanes) is 9. The minimum atomic E-state index is -0.668. The Labute approximate surface area is 262 Å². The summed E-state index contributed by atoms with van der Waals surface area (Å²) < 4.78 is 42.0. The largest absolute Gasteiger partial charge is 0.508 e. The van der Waals surface area contributed by atoms with Gasteiger partial charge in [0.05, 0.1) is 25.7 Å². The summed E-state index contributed by atoms with van der Waals surface area (Å²) in [5.41, 5.74) is 2.80. The van der Waals surface area contributed by atoms with Gasteiger partial charge in [0, 0.05) is 5.57 Å². The number of halogens is 1. The van der Waals surface area contributed by atoms with E-state index < -0.39 is 17.9 Å². The maximum atomic E-state index is 15.0. The van der Waals surface area contributed by atoms with Crippen molar-refractivity contribution in [2.24, 2.45) is 5.92 Å². The lowest BCUT2D eigenvalue weighted by Gasteiger charge is -2.22. The van der Waals surface area contributed by atoms with Crippen molar-refractivity contribution in [1.29, 1.82) is 0 Å². The van der Waals surface area contributed by atoms with Gasteiger partial charge >= 0.3 is 12.1 Å². The van der Waals surface area contributed by atoms with Crippen molar-refractivity contribution < 1.29 is 37.7 Å². The molecule has 242 valence electrons. The van der Waals surface area contributed by atoms with Gasteiger partial charge in [-0.1, -0.05) is 83.4 Å². The molecular weight excluding hydrogens is 563 g/mol. The summed E-state index contributed by atoms with van der Waals surface area (Å²) in [6, 6.07) is 10.7. The zero-order valence-electron chi connectivity index (χ0n) is 26.5. The van der Waals surface area contributed by atoms with Crippen LogP contribution in [-0.4, -0.2) is 45.2 Å². The van der Waals surface area contributed by atoms with Crippen molar-refractivity contribution in [3.8, 4) is 22.6 Å². The van der Waals surface area contributed by atoms with Gasteiger partial charge in [0.25, 0.3) is 0 Å². The molecule has 7 nitrogen and oxygen atoms in total. The van der Waals surface area contributed by atoms with Gasteiger partial charge in [0.15, 0.2) is 11.6 Å². The van der Waals surface area contributed by atoms with Crippen LogP contribution in [-0.2, 0) is 25.4 Å². The van der Waals surface area contributed by atoms with Crippen LogP contribution in [0.25, 0.3) is 11.1 Å². The zero-order chi connectivity index (χ0) is 31.6. The quantitative estimate of drug-likeness (QED) is 0.0791. The number of benzene rings is 2. The van der Waals surface area contributed by atoms with Crippen molar-refractivity contribution >= 4 is 12.1 Å². The molecule has 1 saturated heterocycles. The molecule has 1 heterocycles. The lowest BCUT2D eigenvalue weighted by atomic mass is 9.99. The van der Waals surface area contributed by atoms with Crippen LogP contribution >= 0.6 is 0 Å². The van der Waals surface area contributed by atoms with Gasteiger partial charge in [-0.15, -0.1) is 0 Å². The molecule has 3 rings (SSSR count). The molecule has 8 heteroatoms. The van der Waals surface area contributed by atoms with Crippen LogP contribution in [0.1, 0.15) is 90.0 Å². The topological polar surface area (TPSA) is 80.3 Å². The number of carbonyl (C=O) groups excluding carboxylic acids is 2. The van der Waals surface area contributed by atoms with E-state index in [1.807, 2.05) is 24.3 Å². The second-order valence-electron chi connectivity index (χ2n) is 11.6. The molecule has 0 aromatic heterocycles. The van der Waals surface area contributed by atoms with E-state index in [9.17, 15) is 9.59 Å². The summed E-state index contributed by atoms with van der Waals surface area (Å²) in [6.07, 6.45) is 12.9. The Balaban J connectivity index is 1.53. The van der Waals surface area contributed by atoms with Gasteiger partial charge in [0.2, 0.25) is 0 Å². The molecule has 0 unspecified atom stereocenters. The molecule has 1 aliphatic rings. The van der Waals surface area contributed by atoms with Gasteiger partial charge in [0.1, 0.15) is 19.0 Å². The number of hydrogen-bond donors (Lipinski definition) is 0. The van der Waals surface area contributed by atoms with E-state index in [-0.39, 0.29) is 31.5 Å². The third kappa shape index (κ3) is 12.6. The molecule has 2 aromatic rings. The first-order valence-corrected chi connectivity index (χ1v) is 16.2. The highest BCUT2D eigenvalue weighted by Gasteiger charge is 2.22. The third-order valence-electron chi connectivity index (χ3n) is 7.60. The van der Waals surface area contributed by atoms with Gasteiger partial charge < -0.3 is 23.7 Å². The van der Waals surface area contributed by atoms with Gasteiger partial charge in [-0.25, -0.2) is 14.0 Å². The Kier molecular flexibility index (Phi) is 15.6. The number of cyclic esters (lactones) is 2. The highest BCUT2D eigenvalue weighted by atomic mass is 19.1. The van der Waals surface area contributed by atoms with E-state index in [1.54, 1.807) is 13.0 Å². The molecule has 0 spiro atoms. The minimum Gasteiger partial charge on any atom is -0.493 e. The van der Waals surface area contributed by atoms with Gasteiger partial charge in [-0.2, -0.15) is 0 Å². The van der Waals surface area contributed by atoms with Gasteiger partial charge in [-0.3, -0.25) is 0 Å². The Hall–Kier alpha value is -3.55. The molecule has 0 saturated carbocycles. The average Bonchev–Trinajstić information content (AvgIpc) is 3.02. The van der Waals surface area contributed by atoms with E-state index >= 15 is 4.39 Å². The second-order valence-corrected chi connectivity index (χ2v) is 11.6. The van der Waals surface area contributed by atoms with E-state index in [4.69, 9.17) is 23.7 Å². The van der Waals surface area contributed by atoms with Crippen LogP contribution in [0, 0.1) is 11.7 Å². The van der Waals surface area contributed by atoms with E-state index in [1.165, 1.54) is 57.4 Å². The van der Waals surface area contributed by atoms with Crippen LogP contribution in [0.15, 0.2) is 48.6 Å². The van der Waals surface area contributed by atoms with Crippen molar-refractivity contribution in [2.75, 3.05) is 33.0 Å². The van der Waals surface area contributed by atoms with Crippen LogP contribution < -0.4 is 9.47 Å². The van der Waals surface area contributed by atoms with E-state index in [2.05, 4.69) is 13.5 Å². The Morgan fingerprint density at radius 1 is 0.841 bits per heavy atom. The first-order chi connectivity index (χ1) is 21.4. The summed E-state index contributed by atoms with van der Waals surface area (Å²) >= 11 is 0. The third-order valence-corrected chi connectivity index (χ3v) is 7.60. The molecule has 1 fully saturated rings. The van der Waals surface area contributed by atoms with Crippen LogP contribution in [0.2, 0.25) is 0 Å². The Morgan fingerprint density at radius 3 is 2.09 bits per heavy atom. The molecule has 44 heavy (non-hydrogen) atoms. The first-order valence-electron chi connectivity index (χ1n) is 16.2. The summed E-state index contributed by atoms with van der Waals surface area (Å²) in [4.78, 5) is 22.9. The lowest BCUT2D eigenvalue weighted by molar-refractivity contribution is -0.139. The fourth-order valence-corrected chi connectivity index (χ4v) is 4.98. The van der Waals surface area contributed by atoms with Crippen molar-refractivity contribution in [3.05, 3.63) is 59.9 Å². The summed E-state index contributed by atoms with van der Waals surface area (Å²) in [6.45, 7) is 8.97. The van der Waals surface area contributed by atoms with Crippen LogP contribution in [0.5, 0.6) is 11.5 Å². The van der Waals surface area contributed by atoms with E-state index in [0.29, 0.717) is 37.4 Å². The first kappa shape index (κ1) is 34.9. The van der Waals surface area contributed by atoms with Crippen LogP contribution in [0.4, 0.5) is 9.18 Å². The second kappa shape index (κ2) is 19.7. The smallest absolute Gasteiger partial charge is 0.493 e. The Bertz CT molecular complexity index is 1190. The molecule has 0 N–H and O–H groups in total. The van der Waals surface area contributed by atoms with Crippen molar-refractivity contribution in [2.45, 2.75) is 90.9 Å². The summed E-state index contributed by atoms with van der Waals surface area (Å²) in [5, 5.41) is 0. The molecule has 2 aromatic carbocycles. The lowest BCUT2D eigenvalue weighted by Crippen LogP contribution is -2.31.